The van der Waals surface area contributed by atoms with Crippen molar-refractivity contribution in [3.05, 3.63) is 34.9 Å². The molecule has 1 aromatic rings. The van der Waals surface area contributed by atoms with Crippen LogP contribution in [0.15, 0.2) is 24.3 Å². The fraction of sp³-hybridized carbons (Fsp3) is 0.500. The summed E-state index contributed by atoms with van der Waals surface area (Å²) in [6.07, 6.45) is 3.80. The molecule has 1 heterocycles. The highest BCUT2D eigenvalue weighted by Gasteiger charge is 2.21. The van der Waals surface area contributed by atoms with E-state index in [0.29, 0.717) is 5.02 Å². The summed E-state index contributed by atoms with van der Waals surface area (Å²) in [6.45, 7) is 3.01. The molecule has 0 radical (unpaired) electrons. The van der Waals surface area contributed by atoms with Crippen LogP contribution in [0.5, 0.6) is 0 Å². The highest BCUT2D eigenvalue weighted by Crippen LogP contribution is 2.17. The second-order valence-corrected chi connectivity index (χ2v) is 6.24. The van der Waals surface area contributed by atoms with Gasteiger partial charge in [-0.2, -0.15) is 0 Å². The Hall–Kier alpha value is -0.380. The zero-order chi connectivity index (χ0) is 13.0. The number of nitrogens with zero attached hydrogens (tertiary/aromatic N) is 1. The smallest absolute Gasteiger partial charge is 0.177 e. The van der Waals surface area contributed by atoms with Crippen molar-refractivity contribution in [2.24, 2.45) is 0 Å². The van der Waals surface area contributed by atoms with E-state index >= 15 is 0 Å². The second kappa shape index (κ2) is 6.69. The number of alkyl halides is 1. The van der Waals surface area contributed by atoms with E-state index in [0.717, 1.165) is 25.2 Å². The van der Waals surface area contributed by atoms with Crippen LogP contribution >= 0.6 is 27.5 Å². The Morgan fingerprint density at radius 2 is 1.83 bits per heavy atom. The van der Waals surface area contributed by atoms with Gasteiger partial charge in [0.25, 0.3) is 0 Å². The summed E-state index contributed by atoms with van der Waals surface area (Å²) in [4.78, 5) is 14.4. The topological polar surface area (TPSA) is 20.3 Å². The van der Waals surface area contributed by atoms with Gasteiger partial charge < -0.3 is 4.90 Å². The van der Waals surface area contributed by atoms with Crippen molar-refractivity contribution in [1.29, 1.82) is 0 Å². The molecule has 0 N–H and O–H groups in total. The van der Waals surface area contributed by atoms with Crippen molar-refractivity contribution in [3.63, 3.8) is 0 Å². The number of piperidine rings is 1. The van der Waals surface area contributed by atoms with Crippen LogP contribution in [-0.2, 0) is 0 Å². The number of hydrogen-bond donors (Lipinski definition) is 0. The standard InChI is InChI=1S/C14H17BrClNO/c15-13(10-17-8-2-1-3-9-17)14(18)11-4-6-12(16)7-5-11/h4-7,13H,1-3,8-10H2. The molecule has 0 aromatic heterocycles. The number of hydrogen-bond acceptors (Lipinski definition) is 2. The van der Waals surface area contributed by atoms with Crippen LogP contribution in [0, 0.1) is 0 Å². The normalized spacial score (nSPS) is 18.6. The Morgan fingerprint density at radius 1 is 1.22 bits per heavy atom. The summed E-state index contributed by atoms with van der Waals surface area (Å²) in [6, 6.07) is 7.09. The first-order chi connectivity index (χ1) is 8.66. The van der Waals surface area contributed by atoms with Gasteiger partial charge in [-0.15, -0.1) is 0 Å². The highest BCUT2D eigenvalue weighted by molar-refractivity contribution is 9.10. The molecule has 1 fully saturated rings. The Balaban J connectivity index is 1.93. The Labute approximate surface area is 121 Å². The van der Waals surface area contributed by atoms with Crippen LogP contribution in [0.2, 0.25) is 5.02 Å². The molecule has 1 unspecified atom stereocenters. The van der Waals surface area contributed by atoms with Gasteiger partial charge in [0, 0.05) is 17.1 Å². The molecule has 4 heteroatoms. The van der Waals surface area contributed by atoms with Gasteiger partial charge in [0.2, 0.25) is 0 Å². The molecule has 1 aliphatic rings. The zero-order valence-electron chi connectivity index (χ0n) is 10.2. The van der Waals surface area contributed by atoms with Crippen LogP contribution in [0.1, 0.15) is 29.6 Å². The fourth-order valence-electron chi connectivity index (χ4n) is 2.25. The van der Waals surface area contributed by atoms with Crippen LogP contribution in [0.25, 0.3) is 0 Å². The number of halogens is 2. The molecule has 1 atom stereocenters. The molecule has 1 aromatic carbocycles. The van der Waals surface area contributed by atoms with E-state index in [1.807, 2.05) is 0 Å². The van der Waals surface area contributed by atoms with Gasteiger partial charge in [-0.1, -0.05) is 34.0 Å². The van der Waals surface area contributed by atoms with Crippen molar-refractivity contribution in [3.8, 4) is 0 Å². The SMILES string of the molecule is O=C(c1ccc(Cl)cc1)C(Br)CN1CCCCC1. The molecule has 1 aliphatic heterocycles. The maximum Gasteiger partial charge on any atom is 0.177 e. The largest absolute Gasteiger partial charge is 0.302 e. The number of likely N-dealkylation sites (tertiary alicyclic amines) is 1. The van der Waals surface area contributed by atoms with Crippen molar-refractivity contribution < 1.29 is 4.79 Å². The number of carbonyl (C=O) groups excluding carboxylic acids is 1. The van der Waals surface area contributed by atoms with Crippen LogP contribution in [0.3, 0.4) is 0 Å². The average Bonchev–Trinajstić information content (AvgIpc) is 2.40. The van der Waals surface area contributed by atoms with E-state index in [2.05, 4.69) is 20.8 Å². The van der Waals surface area contributed by atoms with Gasteiger partial charge in [-0.25, -0.2) is 0 Å². The van der Waals surface area contributed by atoms with Gasteiger partial charge in [-0.05, 0) is 50.2 Å². The molecule has 0 bridgehead atoms. The highest BCUT2D eigenvalue weighted by atomic mass is 79.9. The molecule has 2 rings (SSSR count). The third kappa shape index (κ3) is 3.81. The minimum absolute atomic E-state index is 0.128. The lowest BCUT2D eigenvalue weighted by Crippen LogP contribution is -2.37. The van der Waals surface area contributed by atoms with Gasteiger partial charge in [0.15, 0.2) is 5.78 Å². The molecular weight excluding hydrogens is 314 g/mol. The average molecular weight is 331 g/mol. The first-order valence-electron chi connectivity index (χ1n) is 6.33. The van der Waals surface area contributed by atoms with E-state index in [1.165, 1.54) is 19.3 Å². The van der Waals surface area contributed by atoms with Crippen LogP contribution < -0.4 is 0 Å². The maximum atomic E-state index is 12.2. The lowest BCUT2D eigenvalue weighted by Gasteiger charge is -2.27. The molecular formula is C14H17BrClNO. The Bertz CT molecular complexity index is 401. The lowest BCUT2D eigenvalue weighted by atomic mass is 10.1. The number of ketones is 1. The summed E-state index contributed by atoms with van der Waals surface area (Å²) in [7, 11) is 0. The first kappa shape index (κ1) is 14.0. The molecule has 1 saturated heterocycles. The fourth-order valence-corrected chi connectivity index (χ4v) is 3.05. The lowest BCUT2D eigenvalue weighted by molar-refractivity contribution is 0.0970. The number of Topliss-reactive ketones (excluding diaryl/α,β-unsaturated/α-hetero) is 1. The van der Waals surface area contributed by atoms with E-state index in [4.69, 9.17) is 11.6 Å². The molecule has 98 valence electrons. The summed E-state index contributed by atoms with van der Waals surface area (Å²) >= 11 is 9.33. The second-order valence-electron chi connectivity index (χ2n) is 4.70. The number of rotatable bonds is 4. The molecule has 0 aliphatic carbocycles. The van der Waals surface area contributed by atoms with E-state index < -0.39 is 0 Å². The quantitative estimate of drug-likeness (QED) is 0.618. The Kier molecular flexibility index (Phi) is 5.22. The molecule has 0 saturated carbocycles. The summed E-state index contributed by atoms with van der Waals surface area (Å²) in [5.41, 5.74) is 0.721. The minimum Gasteiger partial charge on any atom is -0.302 e. The predicted molar refractivity (Wildman–Crippen MR) is 78.8 cm³/mol. The predicted octanol–water partition coefficient (Wildman–Crippen LogP) is 3.77. The van der Waals surface area contributed by atoms with Crippen LogP contribution in [-0.4, -0.2) is 35.1 Å². The summed E-state index contributed by atoms with van der Waals surface area (Å²) in [5.74, 6) is 0.136. The number of benzene rings is 1. The third-order valence-electron chi connectivity index (χ3n) is 3.28. The maximum absolute atomic E-state index is 12.2. The molecule has 18 heavy (non-hydrogen) atoms. The van der Waals surface area contributed by atoms with Crippen molar-refractivity contribution >= 4 is 33.3 Å². The summed E-state index contributed by atoms with van der Waals surface area (Å²) in [5, 5.41) is 0.661. The van der Waals surface area contributed by atoms with Crippen molar-refractivity contribution in [2.45, 2.75) is 24.1 Å². The van der Waals surface area contributed by atoms with E-state index in [-0.39, 0.29) is 10.6 Å². The van der Waals surface area contributed by atoms with Gasteiger partial charge in [-0.3, -0.25) is 4.79 Å². The third-order valence-corrected chi connectivity index (χ3v) is 4.24. The van der Waals surface area contributed by atoms with E-state index in [1.54, 1.807) is 24.3 Å². The molecule has 0 spiro atoms. The number of carbonyl (C=O) groups is 1. The zero-order valence-corrected chi connectivity index (χ0v) is 12.6. The van der Waals surface area contributed by atoms with Gasteiger partial charge >= 0.3 is 0 Å². The Morgan fingerprint density at radius 3 is 2.44 bits per heavy atom. The monoisotopic (exact) mass is 329 g/mol. The van der Waals surface area contributed by atoms with Crippen molar-refractivity contribution in [2.75, 3.05) is 19.6 Å². The van der Waals surface area contributed by atoms with Crippen LogP contribution in [0.4, 0.5) is 0 Å². The van der Waals surface area contributed by atoms with Gasteiger partial charge in [0.05, 0.1) is 4.83 Å². The molecule has 0 amide bonds. The molecule has 2 nitrogen and oxygen atoms in total. The minimum atomic E-state index is -0.128. The first-order valence-corrected chi connectivity index (χ1v) is 7.62. The summed E-state index contributed by atoms with van der Waals surface area (Å²) < 4.78 is 0. The van der Waals surface area contributed by atoms with Gasteiger partial charge in [0.1, 0.15) is 0 Å². The van der Waals surface area contributed by atoms with E-state index in [9.17, 15) is 4.79 Å². The van der Waals surface area contributed by atoms with Crippen molar-refractivity contribution in [1.82, 2.24) is 4.90 Å².